The van der Waals surface area contributed by atoms with Crippen molar-refractivity contribution < 1.29 is 18.8 Å². The molecule has 0 aliphatic rings. The zero-order chi connectivity index (χ0) is 17.8. The van der Waals surface area contributed by atoms with Gasteiger partial charge in [0, 0.05) is 16.9 Å². The van der Waals surface area contributed by atoms with Gasteiger partial charge in [0.15, 0.2) is 10.9 Å². The lowest BCUT2D eigenvalue weighted by atomic mass is 10.1. The second-order valence-corrected chi connectivity index (χ2v) is 6.29. The van der Waals surface area contributed by atoms with E-state index < -0.39 is 11.6 Å². The molecule has 0 saturated heterocycles. The minimum Gasteiger partial charge on any atom is -0.457 e. The van der Waals surface area contributed by atoms with Crippen molar-refractivity contribution in [1.29, 1.82) is 0 Å². The highest BCUT2D eigenvalue weighted by atomic mass is 32.2. The van der Waals surface area contributed by atoms with Crippen molar-refractivity contribution in [2.45, 2.75) is 23.3 Å². The summed E-state index contributed by atoms with van der Waals surface area (Å²) in [6.07, 6.45) is 2.60. The molecule has 0 aliphatic carbocycles. The van der Waals surface area contributed by atoms with Crippen molar-refractivity contribution in [1.82, 2.24) is 15.2 Å². The van der Waals surface area contributed by atoms with Crippen LogP contribution in [-0.2, 0) is 11.2 Å². The molecule has 25 heavy (non-hydrogen) atoms. The summed E-state index contributed by atoms with van der Waals surface area (Å²) in [5.74, 6) is -1.49. The average molecular weight is 355 g/mol. The van der Waals surface area contributed by atoms with Gasteiger partial charge in [0.05, 0.1) is 6.26 Å². The Labute approximate surface area is 146 Å². The Morgan fingerprint density at radius 3 is 2.60 bits per heavy atom. The molecule has 1 N–H and O–H groups in total. The molecule has 2 heterocycles. The van der Waals surface area contributed by atoms with E-state index in [9.17, 15) is 14.4 Å². The SMILES string of the molecule is CC(=O)c1ccc(Sc2cc(CC(=O)C(=O)c3nc[nH]n3)co2)cc1. The fraction of sp³-hybridized carbons (Fsp3) is 0.118. The van der Waals surface area contributed by atoms with E-state index in [4.69, 9.17) is 4.42 Å². The third-order valence-corrected chi connectivity index (χ3v) is 4.27. The second-order valence-electron chi connectivity index (χ2n) is 5.21. The van der Waals surface area contributed by atoms with Gasteiger partial charge in [-0.15, -0.1) is 5.10 Å². The summed E-state index contributed by atoms with van der Waals surface area (Å²) in [5.41, 5.74) is 1.23. The monoisotopic (exact) mass is 355 g/mol. The molecular weight excluding hydrogens is 342 g/mol. The molecule has 0 bridgehead atoms. The van der Waals surface area contributed by atoms with Gasteiger partial charge in [-0.25, -0.2) is 4.98 Å². The lowest BCUT2D eigenvalue weighted by Crippen LogP contribution is -2.17. The van der Waals surface area contributed by atoms with Gasteiger partial charge >= 0.3 is 0 Å². The first-order chi connectivity index (χ1) is 12.0. The molecule has 8 heteroatoms. The lowest BCUT2D eigenvalue weighted by Gasteiger charge is -1.99. The quantitative estimate of drug-likeness (QED) is 0.513. The standard InChI is InChI=1S/C17H13N3O4S/c1-10(21)12-2-4-13(5-3-12)25-15-7-11(8-24-15)6-14(22)16(23)17-18-9-19-20-17/h2-5,7-9H,6H2,1H3,(H,18,19,20). The summed E-state index contributed by atoms with van der Waals surface area (Å²) in [4.78, 5) is 39.6. The fourth-order valence-electron chi connectivity index (χ4n) is 2.08. The summed E-state index contributed by atoms with van der Waals surface area (Å²) >= 11 is 1.36. The predicted octanol–water partition coefficient (Wildman–Crippen LogP) is 2.75. The number of nitrogens with zero attached hydrogens (tertiary/aromatic N) is 2. The Kier molecular flexibility index (Phi) is 4.90. The topological polar surface area (TPSA) is 106 Å². The minimum absolute atomic E-state index is 0.00594. The van der Waals surface area contributed by atoms with E-state index in [2.05, 4.69) is 15.2 Å². The minimum atomic E-state index is -0.739. The average Bonchev–Trinajstić information content (AvgIpc) is 3.27. The van der Waals surface area contributed by atoms with Crippen molar-refractivity contribution in [3.8, 4) is 0 Å². The Balaban J connectivity index is 1.63. The zero-order valence-corrected chi connectivity index (χ0v) is 14.0. The Morgan fingerprint density at radius 2 is 1.96 bits per heavy atom. The van der Waals surface area contributed by atoms with Crippen LogP contribution >= 0.6 is 11.8 Å². The van der Waals surface area contributed by atoms with Crippen LogP contribution in [0.1, 0.15) is 33.5 Å². The van der Waals surface area contributed by atoms with E-state index in [1.165, 1.54) is 31.3 Å². The van der Waals surface area contributed by atoms with Crippen LogP contribution < -0.4 is 0 Å². The summed E-state index contributed by atoms with van der Waals surface area (Å²) in [6.45, 7) is 1.51. The molecule has 0 atom stereocenters. The zero-order valence-electron chi connectivity index (χ0n) is 13.2. The summed E-state index contributed by atoms with van der Waals surface area (Å²) in [7, 11) is 0. The number of aromatic amines is 1. The van der Waals surface area contributed by atoms with Gasteiger partial charge < -0.3 is 4.42 Å². The largest absolute Gasteiger partial charge is 0.457 e. The number of ketones is 3. The van der Waals surface area contributed by atoms with Crippen LogP contribution in [0.5, 0.6) is 0 Å². The highest BCUT2D eigenvalue weighted by Crippen LogP contribution is 2.29. The number of H-pyrrole nitrogens is 1. The van der Waals surface area contributed by atoms with Crippen LogP contribution in [0.2, 0.25) is 0 Å². The van der Waals surface area contributed by atoms with E-state index in [1.54, 1.807) is 18.2 Å². The smallest absolute Gasteiger partial charge is 0.267 e. The van der Waals surface area contributed by atoms with E-state index >= 15 is 0 Å². The second kappa shape index (κ2) is 7.27. The van der Waals surface area contributed by atoms with Gasteiger partial charge in [0.2, 0.25) is 11.6 Å². The molecule has 0 saturated carbocycles. The maximum absolute atomic E-state index is 12.0. The first kappa shape index (κ1) is 16.8. The fourth-order valence-corrected chi connectivity index (χ4v) is 2.89. The Hall–Kier alpha value is -3.00. The van der Waals surface area contributed by atoms with Crippen molar-refractivity contribution in [3.05, 3.63) is 59.9 Å². The van der Waals surface area contributed by atoms with Gasteiger partial charge in [-0.2, -0.15) is 0 Å². The van der Waals surface area contributed by atoms with Crippen molar-refractivity contribution >= 4 is 29.1 Å². The highest BCUT2D eigenvalue weighted by Gasteiger charge is 2.20. The number of aromatic nitrogens is 3. The molecule has 3 aromatic rings. The first-order valence-electron chi connectivity index (χ1n) is 7.32. The van der Waals surface area contributed by atoms with Gasteiger partial charge in [-0.1, -0.05) is 23.9 Å². The molecule has 0 aliphatic heterocycles. The molecule has 0 amide bonds. The molecule has 2 aromatic heterocycles. The number of carbonyl (C=O) groups is 3. The van der Waals surface area contributed by atoms with Crippen LogP contribution in [0.3, 0.4) is 0 Å². The predicted molar refractivity (Wildman–Crippen MR) is 88.7 cm³/mol. The summed E-state index contributed by atoms with van der Waals surface area (Å²) in [6, 6.07) is 8.83. The van der Waals surface area contributed by atoms with Crippen molar-refractivity contribution in [2.75, 3.05) is 0 Å². The molecule has 126 valence electrons. The molecular formula is C17H13N3O4S. The van der Waals surface area contributed by atoms with Crippen LogP contribution in [0, 0.1) is 0 Å². The number of Topliss-reactive ketones (excluding diaryl/α,β-unsaturated/α-hetero) is 3. The maximum atomic E-state index is 12.0. The van der Waals surface area contributed by atoms with Crippen LogP contribution in [0.25, 0.3) is 0 Å². The number of carbonyl (C=O) groups excluding carboxylic acids is 3. The number of furan rings is 1. The van der Waals surface area contributed by atoms with E-state index in [0.29, 0.717) is 16.2 Å². The lowest BCUT2D eigenvalue weighted by molar-refractivity contribution is -0.114. The van der Waals surface area contributed by atoms with Crippen LogP contribution in [0.15, 0.2) is 57.3 Å². The third-order valence-electron chi connectivity index (χ3n) is 3.35. The Bertz CT molecular complexity index is 914. The maximum Gasteiger partial charge on any atom is 0.267 e. The summed E-state index contributed by atoms with van der Waals surface area (Å²) < 4.78 is 5.41. The summed E-state index contributed by atoms with van der Waals surface area (Å²) in [5, 5.41) is 6.58. The third kappa shape index (κ3) is 4.10. The van der Waals surface area contributed by atoms with Gasteiger partial charge in [-0.3, -0.25) is 19.5 Å². The molecule has 0 unspecified atom stereocenters. The van der Waals surface area contributed by atoms with Crippen LogP contribution in [-0.4, -0.2) is 32.5 Å². The van der Waals surface area contributed by atoms with E-state index in [1.807, 2.05) is 12.1 Å². The number of nitrogens with one attached hydrogen (secondary N) is 1. The van der Waals surface area contributed by atoms with Gasteiger partial charge in [0.1, 0.15) is 6.33 Å². The normalized spacial score (nSPS) is 10.6. The highest BCUT2D eigenvalue weighted by molar-refractivity contribution is 7.99. The number of benzene rings is 1. The van der Waals surface area contributed by atoms with E-state index in [-0.39, 0.29) is 18.0 Å². The molecule has 7 nitrogen and oxygen atoms in total. The van der Waals surface area contributed by atoms with E-state index in [0.717, 1.165) is 4.90 Å². The first-order valence-corrected chi connectivity index (χ1v) is 8.14. The number of hydrogen-bond acceptors (Lipinski definition) is 7. The number of rotatable bonds is 7. The molecule has 3 rings (SSSR count). The van der Waals surface area contributed by atoms with Crippen molar-refractivity contribution in [2.24, 2.45) is 0 Å². The van der Waals surface area contributed by atoms with Crippen LogP contribution in [0.4, 0.5) is 0 Å². The molecule has 0 spiro atoms. The van der Waals surface area contributed by atoms with Gasteiger partial charge in [-0.05, 0) is 30.7 Å². The number of hydrogen-bond donors (Lipinski definition) is 1. The molecule has 1 aromatic carbocycles. The molecule has 0 radical (unpaired) electrons. The van der Waals surface area contributed by atoms with Gasteiger partial charge in [0.25, 0.3) is 5.78 Å². The Morgan fingerprint density at radius 1 is 1.20 bits per heavy atom. The molecule has 0 fully saturated rings. The van der Waals surface area contributed by atoms with Crippen molar-refractivity contribution in [3.63, 3.8) is 0 Å².